The van der Waals surface area contributed by atoms with Crippen molar-refractivity contribution in [2.75, 3.05) is 18.0 Å². The van der Waals surface area contributed by atoms with Crippen molar-refractivity contribution in [3.05, 3.63) is 28.7 Å². The average Bonchev–Trinajstić information content (AvgIpc) is 2.30. The van der Waals surface area contributed by atoms with Crippen molar-refractivity contribution in [3.63, 3.8) is 0 Å². The molecule has 0 aliphatic carbocycles. The quantitative estimate of drug-likeness (QED) is 0.849. The van der Waals surface area contributed by atoms with Crippen molar-refractivity contribution in [1.29, 1.82) is 0 Å². The summed E-state index contributed by atoms with van der Waals surface area (Å²) in [5, 5.41) is 11.9. The molecule has 1 fully saturated rings. The van der Waals surface area contributed by atoms with Crippen LogP contribution in [0.4, 0.5) is 5.69 Å². The second kappa shape index (κ2) is 4.85. The Balaban J connectivity index is 2.42. The lowest BCUT2D eigenvalue weighted by atomic mass is 10.1. The average molecular weight is 299 g/mol. The molecule has 17 heavy (non-hydrogen) atoms. The lowest BCUT2D eigenvalue weighted by Gasteiger charge is -2.33. The van der Waals surface area contributed by atoms with E-state index in [0.717, 1.165) is 0 Å². The van der Waals surface area contributed by atoms with Crippen molar-refractivity contribution >= 4 is 33.5 Å². The second-order valence-electron chi connectivity index (χ2n) is 3.70. The van der Waals surface area contributed by atoms with Crippen LogP contribution in [0.15, 0.2) is 28.7 Å². The predicted octanol–water partition coefficient (Wildman–Crippen LogP) is 0.839. The fraction of sp³-hybridized carbons (Fsp3) is 0.273. The number of para-hydroxylation sites is 1. The van der Waals surface area contributed by atoms with Gasteiger partial charge in [0, 0.05) is 11.0 Å². The Labute approximate surface area is 107 Å². The van der Waals surface area contributed by atoms with Crippen LogP contribution < -0.4 is 10.2 Å². The molecular formula is C11H11BrN2O3. The molecule has 0 radical (unpaired) electrons. The van der Waals surface area contributed by atoms with Crippen LogP contribution in [-0.2, 0) is 9.59 Å². The standard InChI is InChI=1S/C11H11BrN2O3/c12-7-3-1-2-4-8(7)14-9(11(16)17)5-13-6-10(14)15/h1-4,9,13H,5-6H2,(H,16,17). The Morgan fingerprint density at radius 2 is 2.18 bits per heavy atom. The van der Waals surface area contributed by atoms with Crippen LogP contribution in [0.25, 0.3) is 0 Å². The number of anilines is 1. The van der Waals surface area contributed by atoms with Crippen LogP contribution in [0.2, 0.25) is 0 Å². The highest BCUT2D eigenvalue weighted by molar-refractivity contribution is 9.10. The lowest BCUT2D eigenvalue weighted by molar-refractivity contribution is -0.140. The Hall–Kier alpha value is -1.40. The van der Waals surface area contributed by atoms with Crippen molar-refractivity contribution < 1.29 is 14.7 Å². The predicted molar refractivity (Wildman–Crippen MR) is 65.9 cm³/mol. The van der Waals surface area contributed by atoms with Gasteiger partial charge >= 0.3 is 5.97 Å². The number of piperazine rings is 1. The van der Waals surface area contributed by atoms with Gasteiger partial charge in [-0.05, 0) is 28.1 Å². The fourth-order valence-corrected chi connectivity index (χ4v) is 2.29. The Morgan fingerprint density at radius 1 is 1.47 bits per heavy atom. The van der Waals surface area contributed by atoms with Gasteiger partial charge in [-0.3, -0.25) is 9.69 Å². The van der Waals surface area contributed by atoms with Gasteiger partial charge in [-0.2, -0.15) is 0 Å². The molecule has 0 saturated carbocycles. The number of rotatable bonds is 2. The van der Waals surface area contributed by atoms with E-state index in [0.29, 0.717) is 10.2 Å². The number of hydrogen-bond acceptors (Lipinski definition) is 3. The van der Waals surface area contributed by atoms with E-state index in [1.54, 1.807) is 18.2 Å². The number of aliphatic carboxylic acids is 1. The van der Waals surface area contributed by atoms with Crippen LogP contribution in [0, 0.1) is 0 Å². The summed E-state index contributed by atoms with van der Waals surface area (Å²) in [5.74, 6) is -1.25. The summed E-state index contributed by atoms with van der Waals surface area (Å²) >= 11 is 3.33. The molecular weight excluding hydrogens is 288 g/mol. The first kappa shape index (κ1) is 12.1. The van der Waals surface area contributed by atoms with Crippen LogP contribution in [-0.4, -0.2) is 36.1 Å². The Kier molecular flexibility index (Phi) is 3.44. The van der Waals surface area contributed by atoms with E-state index in [1.165, 1.54) is 4.90 Å². The molecule has 2 rings (SSSR count). The third kappa shape index (κ3) is 2.32. The number of hydrogen-bond donors (Lipinski definition) is 2. The number of carbonyl (C=O) groups excluding carboxylic acids is 1. The molecule has 1 amide bonds. The van der Waals surface area contributed by atoms with Crippen LogP contribution in [0.5, 0.6) is 0 Å². The molecule has 6 heteroatoms. The third-order valence-corrected chi connectivity index (χ3v) is 3.26. The third-order valence-electron chi connectivity index (χ3n) is 2.59. The highest BCUT2D eigenvalue weighted by Crippen LogP contribution is 2.28. The van der Waals surface area contributed by atoms with E-state index in [9.17, 15) is 9.59 Å². The summed E-state index contributed by atoms with van der Waals surface area (Å²) in [5.41, 5.74) is 0.589. The smallest absolute Gasteiger partial charge is 0.328 e. The first-order valence-corrected chi connectivity index (χ1v) is 5.90. The largest absolute Gasteiger partial charge is 0.480 e. The fourth-order valence-electron chi connectivity index (χ4n) is 1.81. The van der Waals surface area contributed by atoms with Crippen LogP contribution in [0.3, 0.4) is 0 Å². The zero-order chi connectivity index (χ0) is 12.4. The first-order valence-electron chi connectivity index (χ1n) is 5.11. The van der Waals surface area contributed by atoms with Gasteiger partial charge in [0.15, 0.2) is 0 Å². The van der Waals surface area contributed by atoms with Crippen molar-refractivity contribution in [1.82, 2.24) is 5.32 Å². The van der Waals surface area contributed by atoms with Gasteiger partial charge in [0.25, 0.3) is 0 Å². The molecule has 90 valence electrons. The number of nitrogens with one attached hydrogen (secondary N) is 1. The molecule has 1 heterocycles. The summed E-state index contributed by atoms with van der Waals surface area (Å²) in [6.07, 6.45) is 0. The lowest BCUT2D eigenvalue weighted by Crippen LogP contribution is -2.58. The molecule has 1 aliphatic heterocycles. The summed E-state index contributed by atoms with van der Waals surface area (Å²) in [4.78, 5) is 24.3. The zero-order valence-corrected chi connectivity index (χ0v) is 10.5. The number of benzene rings is 1. The Morgan fingerprint density at radius 3 is 2.82 bits per heavy atom. The molecule has 1 aromatic carbocycles. The van der Waals surface area contributed by atoms with Crippen molar-refractivity contribution in [2.45, 2.75) is 6.04 Å². The maximum atomic E-state index is 11.8. The normalized spacial score (nSPS) is 20.4. The summed E-state index contributed by atoms with van der Waals surface area (Å²) in [7, 11) is 0. The highest BCUT2D eigenvalue weighted by atomic mass is 79.9. The Bertz CT molecular complexity index is 464. The topological polar surface area (TPSA) is 69.6 Å². The maximum Gasteiger partial charge on any atom is 0.328 e. The van der Waals surface area contributed by atoms with E-state index in [1.807, 2.05) is 6.07 Å². The van der Waals surface area contributed by atoms with Gasteiger partial charge in [0.05, 0.1) is 12.2 Å². The van der Waals surface area contributed by atoms with Crippen LogP contribution in [0.1, 0.15) is 0 Å². The minimum absolute atomic E-state index is 0.158. The van der Waals surface area contributed by atoms with Crippen molar-refractivity contribution in [2.24, 2.45) is 0 Å². The number of halogens is 1. The second-order valence-corrected chi connectivity index (χ2v) is 4.55. The van der Waals surface area contributed by atoms with Gasteiger partial charge in [-0.15, -0.1) is 0 Å². The van der Waals surface area contributed by atoms with Gasteiger partial charge in [0.2, 0.25) is 5.91 Å². The van der Waals surface area contributed by atoms with E-state index in [2.05, 4.69) is 21.2 Å². The van der Waals surface area contributed by atoms with E-state index in [4.69, 9.17) is 5.11 Å². The first-order chi connectivity index (χ1) is 8.11. The molecule has 1 aliphatic rings. The molecule has 0 aromatic heterocycles. The molecule has 1 aromatic rings. The molecule has 0 bridgehead atoms. The number of carboxylic acids is 1. The summed E-state index contributed by atoms with van der Waals surface area (Å²) < 4.78 is 0.710. The molecule has 2 N–H and O–H groups in total. The minimum atomic E-state index is -1.01. The molecule has 0 spiro atoms. The maximum absolute atomic E-state index is 11.8. The SMILES string of the molecule is O=C(O)C1CNCC(=O)N1c1ccccc1Br. The van der Waals surface area contributed by atoms with E-state index < -0.39 is 12.0 Å². The zero-order valence-electron chi connectivity index (χ0n) is 8.89. The highest BCUT2D eigenvalue weighted by Gasteiger charge is 2.34. The van der Waals surface area contributed by atoms with Gasteiger partial charge in [-0.25, -0.2) is 4.79 Å². The molecule has 5 nitrogen and oxygen atoms in total. The number of amides is 1. The molecule has 1 saturated heterocycles. The number of carboxylic acid groups (broad SMARTS) is 1. The van der Waals surface area contributed by atoms with E-state index in [-0.39, 0.29) is 19.0 Å². The van der Waals surface area contributed by atoms with Crippen molar-refractivity contribution in [3.8, 4) is 0 Å². The monoisotopic (exact) mass is 298 g/mol. The van der Waals surface area contributed by atoms with E-state index >= 15 is 0 Å². The molecule has 1 atom stereocenters. The van der Waals surface area contributed by atoms with Gasteiger partial charge in [0.1, 0.15) is 6.04 Å². The summed E-state index contributed by atoms with van der Waals surface area (Å²) in [6.45, 7) is 0.410. The molecule has 1 unspecified atom stereocenters. The van der Waals surface area contributed by atoms with Gasteiger partial charge < -0.3 is 10.4 Å². The van der Waals surface area contributed by atoms with Crippen LogP contribution >= 0.6 is 15.9 Å². The minimum Gasteiger partial charge on any atom is -0.480 e. The number of nitrogens with zero attached hydrogens (tertiary/aromatic N) is 1. The van der Waals surface area contributed by atoms with Gasteiger partial charge in [-0.1, -0.05) is 12.1 Å². The summed E-state index contributed by atoms with van der Waals surface area (Å²) in [6, 6.07) is 6.23. The number of carbonyl (C=O) groups is 2.